The van der Waals surface area contributed by atoms with E-state index in [0.29, 0.717) is 18.8 Å². The predicted molar refractivity (Wildman–Crippen MR) is 107 cm³/mol. The molecule has 0 aliphatic carbocycles. The van der Waals surface area contributed by atoms with E-state index < -0.39 is 0 Å². The predicted octanol–water partition coefficient (Wildman–Crippen LogP) is 2.97. The highest BCUT2D eigenvalue weighted by Crippen LogP contribution is 2.12. The van der Waals surface area contributed by atoms with Crippen molar-refractivity contribution in [2.24, 2.45) is 0 Å². The number of nitrogens with one attached hydrogen (secondary N) is 1. The molecule has 1 aromatic heterocycles. The third-order valence-corrected chi connectivity index (χ3v) is 4.35. The van der Waals surface area contributed by atoms with E-state index in [1.165, 1.54) is 5.69 Å². The highest BCUT2D eigenvalue weighted by molar-refractivity contribution is 5.91. The summed E-state index contributed by atoms with van der Waals surface area (Å²) in [6.07, 6.45) is 2.55. The van der Waals surface area contributed by atoms with E-state index in [-0.39, 0.29) is 5.91 Å². The van der Waals surface area contributed by atoms with Gasteiger partial charge >= 0.3 is 0 Å². The summed E-state index contributed by atoms with van der Waals surface area (Å²) < 4.78 is 1.68. The van der Waals surface area contributed by atoms with Crippen molar-refractivity contribution < 1.29 is 4.79 Å². The van der Waals surface area contributed by atoms with Crippen LogP contribution >= 0.6 is 0 Å². The van der Waals surface area contributed by atoms with Gasteiger partial charge in [-0.15, -0.1) is 5.10 Å². The minimum atomic E-state index is -0.183. The van der Waals surface area contributed by atoms with Gasteiger partial charge in [0.1, 0.15) is 0 Å². The van der Waals surface area contributed by atoms with E-state index in [4.69, 9.17) is 0 Å². The first-order chi connectivity index (χ1) is 13.3. The second-order valence-electron chi connectivity index (χ2n) is 6.31. The highest BCUT2D eigenvalue weighted by atomic mass is 16.2. The molecule has 3 rings (SSSR count). The number of rotatable bonds is 9. The Labute approximate surface area is 159 Å². The fraction of sp³-hybridized carbons (Fsp3) is 0.286. The molecule has 27 heavy (non-hydrogen) atoms. The van der Waals surface area contributed by atoms with Crippen LogP contribution in [0.25, 0.3) is 0 Å². The number of benzene rings is 2. The molecule has 140 valence electrons. The maximum atomic E-state index is 12.3. The standard InChI is InChI=1S/C21H25N5O/c1-2-25(19-12-7-4-8-13-19)15-9-14-22-21(27)20-17-26(24-23-20)16-18-10-5-3-6-11-18/h3-8,10-13,17H,2,9,14-16H2,1H3,(H,22,27). The lowest BCUT2D eigenvalue weighted by Crippen LogP contribution is -2.30. The molecule has 0 aliphatic rings. The van der Waals surface area contributed by atoms with Crippen molar-refractivity contribution >= 4 is 11.6 Å². The molecule has 0 aliphatic heterocycles. The van der Waals surface area contributed by atoms with Crippen LogP contribution in [0, 0.1) is 0 Å². The third kappa shape index (κ3) is 5.41. The largest absolute Gasteiger partial charge is 0.372 e. The van der Waals surface area contributed by atoms with E-state index in [1.54, 1.807) is 10.9 Å². The van der Waals surface area contributed by atoms with E-state index in [0.717, 1.165) is 25.1 Å². The number of aromatic nitrogens is 3. The van der Waals surface area contributed by atoms with E-state index in [9.17, 15) is 4.79 Å². The van der Waals surface area contributed by atoms with Gasteiger partial charge in [-0.05, 0) is 31.0 Å². The third-order valence-electron chi connectivity index (χ3n) is 4.35. The molecular formula is C21H25N5O. The molecule has 1 N–H and O–H groups in total. The maximum Gasteiger partial charge on any atom is 0.273 e. The first kappa shape index (κ1) is 18.6. The summed E-state index contributed by atoms with van der Waals surface area (Å²) in [4.78, 5) is 14.5. The quantitative estimate of drug-likeness (QED) is 0.594. The molecule has 3 aromatic rings. The zero-order chi connectivity index (χ0) is 18.9. The Morgan fingerprint density at radius 3 is 2.48 bits per heavy atom. The topological polar surface area (TPSA) is 63.1 Å². The van der Waals surface area contributed by atoms with Gasteiger partial charge in [-0.1, -0.05) is 53.7 Å². The SMILES string of the molecule is CCN(CCCNC(=O)c1cn(Cc2ccccc2)nn1)c1ccccc1. The fourth-order valence-corrected chi connectivity index (χ4v) is 2.92. The minimum absolute atomic E-state index is 0.183. The maximum absolute atomic E-state index is 12.3. The molecule has 6 heteroatoms. The average molecular weight is 363 g/mol. The van der Waals surface area contributed by atoms with Gasteiger partial charge in [-0.25, -0.2) is 4.68 Å². The molecule has 6 nitrogen and oxygen atoms in total. The smallest absolute Gasteiger partial charge is 0.273 e. The van der Waals surface area contributed by atoms with Crippen molar-refractivity contribution in [3.05, 3.63) is 78.1 Å². The van der Waals surface area contributed by atoms with Crippen molar-refractivity contribution in [3.63, 3.8) is 0 Å². The Kier molecular flexibility index (Phi) is 6.57. The molecule has 0 spiro atoms. The average Bonchev–Trinajstić information content (AvgIpc) is 3.18. The number of amides is 1. The van der Waals surface area contributed by atoms with Gasteiger partial charge < -0.3 is 10.2 Å². The van der Waals surface area contributed by atoms with Crippen LogP contribution in [0.4, 0.5) is 5.69 Å². The van der Waals surface area contributed by atoms with Crippen LogP contribution in [-0.4, -0.2) is 40.5 Å². The number of nitrogens with zero attached hydrogens (tertiary/aromatic N) is 4. The van der Waals surface area contributed by atoms with Crippen LogP contribution in [0.5, 0.6) is 0 Å². The van der Waals surface area contributed by atoms with Gasteiger partial charge in [0.15, 0.2) is 5.69 Å². The van der Waals surface area contributed by atoms with Gasteiger partial charge in [-0.3, -0.25) is 4.79 Å². The molecule has 0 saturated heterocycles. The second kappa shape index (κ2) is 9.52. The van der Waals surface area contributed by atoms with E-state index >= 15 is 0 Å². The highest BCUT2D eigenvalue weighted by Gasteiger charge is 2.11. The second-order valence-corrected chi connectivity index (χ2v) is 6.31. The van der Waals surface area contributed by atoms with Gasteiger partial charge in [0.05, 0.1) is 12.7 Å². The van der Waals surface area contributed by atoms with Crippen LogP contribution in [0.3, 0.4) is 0 Å². The molecule has 0 saturated carbocycles. The molecule has 0 fully saturated rings. The van der Waals surface area contributed by atoms with Crippen LogP contribution in [0.2, 0.25) is 0 Å². The van der Waals surface area contributed by atoms with Crippen molar-refractivity contribution in [1.82, 2.24) is 20.3 Å². The zero-order valence-electron chi connectivity index (χ0n) is 15.6. The lowest BCUT2D eigenvalue weighted by Gasteiger charge is -2.23. The van der Waals surface area contributed by atoms with Crippen molar-refractivity contribution in [3.8, 4) is 0 Å². The summed E-state index contributed by atoms with van der Waals surface area (Å²) in [6, 6.07) is 20.3. The summed E-state index contributed by atoms with van der Waals surface area (Å²) in [5, 5.41) is 10.9. The number of para-hydroxylation sites is 1. The number of anilines is 1. The Morgan fingerprint density at radius 1 is 1.07 bits per heavy atom. The van der Waals surface area contributed by atoms with Gasteiger partial charge in [0.25, 0.3) is 5.91 Å². The van der Waals surface area contributed by atoms with Gasteiger partial charge in [-0.2, -0.15) is 0 Å². The summed E-state index contributed by atoms with van der Waals surface area (Å²) >= 11 is 0. The van der Waals surface area contributed by atoms with Gasteiger partial charge in [0.2, 0.25) is 0 Å². The molecule has 2 aromatic carbocycles. The molecule has 1 amide bonds. The molecule has 0 bridgehead atoms. The summed E-state index contributed by atoms with van der Waals surface area (Å²) in [6.45, 7) is 5.17. The van der Waals surface area contributed by atoms with E-state index in [1.807, 2.05) is 48.5 Å². The zero-order valence-corrected chi connectivity index (χ0v) is 15.6. The first-order valence-electron chi connectivity index (χ1n) is 9.28. The monoisotopic (exact) mass is 363 g/mol. The summed E-state index contributed by atoms with van der Waals surface area (Å²) in [5.41, 5.74) is 2.67. The van der Waals surface area contributed by atoms with Crippen LogP contribution < -0.4 is 10.2 Å². The first-order valence-corrected chi connectivity index (χ1v) is 9.28. The summed E-state index contributed by atoms with van der Waals surface area (Å²) in [7, 11) is 0. The Bertz CT molecular complexity index is 832. The molecule has 0 atom stereocenters. The van der Waals surface area contributed by atoms with Crippen molar-refractivity contribution in [2.75, 3.05) is 24.5 Å². The number of hydrogen-bond acceptors (Lipinski definition) is 4. The van der Waals surface area contributed by atoms with E-state index in [2.05, 4.69) is 39.6 Å². The minimum Gasteiger partial charge on any atom is -0.372 e. The van der Waals surface area contributed by atoms with Crippen LogP contribution in [0.15, 0.2) is 66.9 Å². The molecule has 1 heterocycles. The number of hydrogen-bond donors (Lipinski definition) is 1. The van der Waals surface area contributed by atoms with Crippen molar-refractivity contribution in [2.45, 2.75) is 19.9 Å². The normalized spacial score (nSPS) is 10.6. The Balaban J connectivity index is 1.44. The summed E-state index contributed by atoms with van der Waals surface area (Å²) in [5.74, 6) is -0.183. The number of carbonyl (C=O) groups excluding carboxylic acids is 1. The van der Waals surface area contributed by atoms with Crippen LogP contribution in [0.1, 0.15) is 29.4 Å². The lowest BCUT2D eigenvalue weighted by molar-refractivity contribution is 0.0948. The Hall–Kier alpha value is -3.15. The van der Waals surface area contributed by atoms with Gasteiger partial charge in [0, 0.05) is 25.3 Å². The Morgan fingerprint density at radius 2 is 1.78 bits per heavy atom. The lowest BCUT2D eigenvalue weighted by atomic mass is 10.2. The molecular weight excluding hydrogens is 338 g/mol. The van der Waals surface area contributed by atoms with Crippen LogP contribution in [-0.2, 0) is 6.54 Å². The molecule has 0 unspecified atom stereocenters. The van der Waals surface area contributed by atoms with Crippen molar-refractivity contribution in [1.29, 1.82) is 0 Å². The number of carbonyl (C=O) groups is 1. The fourth-order valence-electron chi connectivity index (χ4n) is 2.92. The molecule has 0 radical (unpaired) electrons.